The standard InChI is InChI=1S/C9H8N2.C6H8Cl2O2/c10-8-5-7-3-1-2-4-9(7)11-6-8;1-2-4(6(8)10)3-5(7)9/h1-6H,10H2;4H,2-3H2,1H3. The number of para-hydroxylation sites is 1. The molecule has 0 aliphatic heterocycles. The fourth-order valence-corrected chi connectivity index (χ4v) is 2.08. The average molecular weight is 327 g/mol. The number of halogens is 2. The lowest BCUT2D eigenvalue weighted by molar-refractivity contribution is -0.119. The summed E-state index contributed by atoms with van der Waals surface area (Å²) in [7, 11) is 0. The molecule has 0 bridgehead atoms. The van der Waals surface area contributed by atoms with Crippen LogP contribution in [0, 0.1) is 5.92 Å². The molecular weight excluding hydrogens is 311 g/mol. The van der Waals surface area contributed by atoms with Gasteiger partial charge in [-0.15, -0.1) is 0 Å². The molecule has 1 aromatic heterocycles. The SMILES string of the molecule is CCC(CC(=O)Cl)C(=O)Cl.Nc1cnc2ccccc2c1. The highest BCUT2D eigenvalue weighted by atomic mass is 35.5. The van der Waals surface area contributed by atoms with Crippen LogP contribution >= 0.6 is 23.2 Å². The Morgan fingerprint density at radius 3 is 2.48 bits per heavy atom. The summed E-state index contributed by atoms with van der Waals surface area (Å²) in [6, 6.07) is 9.82. The van der Waals surface area contributed by atoms with Crippen LogP contribution in [0.1, 0.15) is 19.8 Å². The number of carbonyl (C=O) groups excluding carboxylic acids is 2. The van der Waals surface area contributed by atoms with Crippen LogP contribution in [0.3, 0.4) is 0 Å². The summed E-state index contributed by atoms with van der Waals surface area (Å²) < 4.78 is 0. The van der Waals surface area contributed by atoms with Crippen LogP contribution in [0.5, 0.6) is 0 Å². The molecule has 0 aliphatic carbocycles. The number of anilines is 1. The molecule has 1 atom stereocenters. The van der Waals surface area contributed by atoms with E-state index in [4.69, 9.17) is 28.9 Å². The van der Waals surface area contributed by atoms with E-state index >= 15 is 0 Å². The van der Waals surface area contributed by atoms with Gasteiger partial charge in [-0.05, 0) is 41.8 Å². The molecule has 1 heterocycles. The molecule has 2 N–H and O–H groups in total. The number of fused-ring (bicyclic) bond motifs is 1. The van der Waals surface area contributed by atoms with E-state index in [1.54, 1.807) is 13.1 Å². The Morgan fingerprint density at radius 2 is 1.95 bits per heavy atom. The van der Waals surface area contributed by atoms with E-state index in [1.165, 1.54) is 0 Å². The summed E-state index contributed by atoms with van der Waals surface area (Å²) in [6.45, 7) is 1.78. The van der Waals surface area contributed by atoms with Crippen LogP contribution in [-0.4, -0.2) is 15.5 Å². The number of hydrogen-bond donors (Lipinski definition) is 1. The minimum absolute atomic E-state index is 0.0421. The van der Waals surface area contributed by atoms with Crippen LogP contribution in [-0.2, 0) is 9.59 Å². The molecule has 21 heavy (non-hydrogen) atoms. The number of benzene rings is 1. The predicted molar refractivity (Wildman–Crippen MR) is 86.3 cm³/mol. The van der Waals surface area contributed by atoms with Gasteiger partial charge in [0.1, 0.15) is 0 Å². The van der Waals surface area contributed by atoms with Crippen molar-refractivity contribution in [3.63, 3.8) is 0 Å². The molecule has 0 saturated heterocycles. The number of pyridine rings is 1. The maximum absolute atomic E-state index is 10.5. The zero-order valence-electron chi connectivity index (χ0n) is 11.6. The Labute approximate surface area is 133 Å². The minimum Gasteiger partial charge on any atom is -0.397 e. The zero-order chi connectivity index (χ0) is 15.8. The normalized spacial score (nSPS) is 11.4. The lowest BCUT2D eigenvalue weighted by Gasteiger charge is -2.03. The zero-order valence-corrected chi connectivity index (χ0v) is 13.1. The molecule has 0 amide bonds. The van der Waals surface area contributed by atoms with Crippen molar-refractivity contribution in [2.24, 2.45) is 5.92 Å². The Kier molecular flexibility index (Phi) is 7.12. The van der Waals surface area contributed by atoms with Gasteiger partial charge in [0.15, 0.2) is 0 Å². The van der Waals surface area contributed by atoms with Gasteiger partial charge in [-0.2, -0.15) is 0 Å². The monoisotopic (exact) mass is 326 g/mol. The van der Waals surface area contributed by atoms with E-state index < -0.39 is 16.4 Å². The molecule has 4 nitrogen and oxygen atoms in total. The molecule has 1 unspecified atom stereocenters. The van der Waals surface area contributed by atoms with Gasteiger partial charge in [0, 0.05) is 17.7 Å². The van der Waals surface area contributed by atoms with E-state index in [1.807, 2.05) is 30.3 Å². The first kappa shape index (κ1) is 17.4. The summed E-state index contributed by atoms with van der Waals surface area (Å²) in [5, 5.41) is 0.0878. The third kappa shape index (κ3) is 6.10. The van der Waals surface area contributed by atoms with E-state index in [2.05, 4.69) is 4.98 Å². The third-order valence-electron chi connectivity index (χ3n) is 2.83. The molecule has 0 spiro atoms. The Morgan fingerprint density at radius 1 is 1.29 bits per heavy atom. The third-order valence-corrected chi connectivity index (χ3v) is 3.30. The second kappa shape index (κ2) is 8.60. The van der Waals surface area contributed by atoms with Crippen molar-refractivity contribution in [3.05, 3.63) is 36.5 Å². The van der Waals surface area contributed by atoms with Gasteiger partial charge in [0.2, 0.25) is 10.5 Å². The van der Waals surface area contributed by atoms with Gasteiger partial charge >= 0.3 is 0 Å². The molecule has 0 radical (unpaired) electrons. The smallest absolute Gasteiger partial charge is 0.225 e. The molecule has 6 heteroatoms. The van der Waals surface area contributed by atoms with Gasteiger partial charge in [-0.3, -0.25) is 14.6 Å². The molecule has 0 aliphatic rings. The van der Waals surface area contributed by atoms with Gasteiger partial charge in [-0.25, -0.2) is 0 Å². The van der Waals surface area contributed by atoms with E-state index in [0.29, 0.717) is 12.1 Å². The predicted octanol–water partition coefficient (Wildman–Crippen LogP) is 3.75. The Balaban J connectivity index is 0.000000212. The largest absolute Gasteiger partial charge is 0.397 e. The second-order valence-corrected chi connectivity index (χ2v) is 5.22. The van der Waals surface area contributed by atoms with Crippen molar-refractivity contribution < 1.29 is 9.59 Å². The highest BCUT2D eigenvalue weighted by molar-refractivity contribution is 6.66. The van der Waals surface area contributed by atoms with Crippen LogP contribution in [0.4, 0.5) is 5.69 Å². The fraction of sp³-hybridized carbons (Fsp3) is 0.267. The highest BCUT2D eigenvalue weighted by Crippen LogP contribution is 2.13. The van der Waals surface area contributed by atoms with Crippen LogP contribution < -0.4 is 5.73 Å². The first-order valence-corrected chi connectivity index (χ1v) is 7.17. The van der Waals surface area contributed by atoms with Crippen molar-refractivity contribution >= 4 is 50.3 Å². The number of nitrogens with two attached hydrogens (primary N) is 1. The maximum Gasteiger partial charge on any atom is 0.225 e. The van der Waals surface area contributed by atoms with Gasteiger partial charge < -0.3 is 5.73 Å². The van der Waals surface area contributed by atoms with Crippen molar-refractivity contribution in [2.45, 2.75) is 19.8 Å². The molecular formula is C15H16Cl2N2O2. The van der Waals surface area contributed by atoms with Crippen LogP contribution in [0.25, 0.3) is 10.9 Å². The Bertz CT molecular complexity index is 632. The van der Waals surface area contributed by atoms with Gasteiger partial charge in [0.25, 0.3) is 0 Å². The number of carbonyl (C=O) groups is 2. The summed E-state index contributed by atoms with van der Waals surface area (Å²) in [6.07, 6.45) is 2.27. The first-order chi connectivity index (χ1) is 9.93. The first-order valence-electron chi connectivity index (χ1n) is 6.42. The maximum atomic E-state index is 10.5. The van der Waals surface area contributed by atoms with Crippen molar-refractivity contribution in [2.75, 3.05) is 5.73 Å². The summed E-state index contributed by atoms with van der Waals surface area (Å²) in [4.78, 5) is 24.9. The second-order valence-electron chi connectivity index (χ2n) is 4.43. The summed E-state index contributed by atoms with van der Waals surface area (Å²) >= 11 is 10.2. The van der Waals surface area contributed by atoms with Crippen molar-refractivity contribution in [3.8, 4) is 0 Å². The molecule has 2 aromatic rings. The van der Waals surface area contributed by atoms with E-state index in [-0.39, 0.29) is 6.42 Å². The lowest BCUT2D eigenvalue weighted by atomic mass is 10.1. The number of hydrogen-bond acceptors (Lipinski definition) is 4. The molecule has 1 aromatic carbocycles. The van der Waals surface area contributed by atoms with Crippen molar-refractivity contribution in [1.29, 1.82) is 0 Å². The van der Waals surface area contributed by atoms with Gasteiger partial charge in [0.05, 0.1) is 17.4 Å². The molecule has 0 fully saturated rings. The average Bonchev–Trinajstić information content (AvgIpc) is 2.44. The number of nitrogen functional groups attached to an aromatic ring is 1. The topological polar surface area (TPSA) is 73.0 Å². The lowest BCUT2D eigenvalue weighted by Crippen LogP contribution is -2.10. The van der Waals surface area contributed by atoms with Crippen LogP contribution in [0.2, 0.25) is 0 Å². The number of nitrogens with zero attached hydrogens (tertiary/aromatic N) is 1. The molecule has 0 saturated carbocycles. The number of aromatic nitrogens is 1. The fourth-order valence-electron chi connectivity index (χ4n) is 1.67. The molecule has 2 rings (SSSR count). The minimum atomic E-state index is -0.513. The Hall–Kier alpha value is -1.65. The van der Waals surface area contributed by atoms with Crippen molar-refractivity contribution in [1.82, 2.24) is 4.98 Å². The van der Waals surface area contributed by atoms with E-state index in [9.17, 15) is 9.59 Å². The molecule has 112 valence electrons. The summed E-state index contributed by atoms with van der Waals surface area (Å²) in [5.41, 5.74) is 7.26. The highest BCUT2D eigenvalue weighted by Gasteiger charge is 2.16. The van der Waals surface area contributed by atoms with E-state index in [0.717, 1.165) is 10.9 Å². The quantitative estimate of drug-likeness (QED) is 0.868. The van der Waals surface area contributed by atoms with Gasteiger partial charge in [-0.1, -0.05) is 25.1 Å². The summed E-state index contributed by atoms with van der Waals surface area (Å²) in [5.74, 6) is -0.410. The number of rotatable bonds is 4. The van der Waals surface area contributed by atoms with Crippen LogP contribution in [0.15, 0.2) is 36.5 Å².